The van der Waals surface area contributed by atoms with Gasteiger partial charge in [-0.1, -0.05) is 26.2 Å². The van der Waals surface area contributed by atoms with Crippen LogP contribution in [0.15, 0.2) is 17.6 Å². The number of imidazole rings is 1. The summed E-state index contributed by atoms with van der Waals surface area (Å²) in [5, 5.41) is 0.136. The van der Waals surface area contributed by atoms with Crippen LogP contribution < -0.4 is 4.72 Å². The average molecular weight is 257 g/mol. The van der Waals surface area contributed by atoms with Gasteiger partial charge in [-0.2, -0.15) is 0 Å². The normalized spacial score (nSPS) is 20.3. The molecule has 0 aliphatic heterocycles. The van der Waals surface area contributed by atoms with E-state index in [9.17, 15) is 8.42 Å². The Balaban J connectivity index is 1.98. The molecule has 1 heterocycles. The Bertz CT molecular complexity index is 447. The minimum atomic E-state index is -3.42. The molecule has 2 rings (SSSR count). The first-order valence-electron chi connectivity index (χ1n) is 6.00. The molecule has 0 bridgehead atoms. The summed E-state index contributed by atoms with van der Waals surface area (Å²) in [6.07, 6.45) is 8.55. The number of aromatic nitrogens is 2. The Hall–Kier alpha value is -0.880. The Labute approximate surface area is 102 Å². The van der Waals surface area contributed by atoms with E-state index in [2.05, 4.69) is 21.6 Å². The number of aromatic amines is 1. The van der Waals surface area contributed by atoms with Gasteiger partial charge in [-0.25, -0.2) is 18.1 Å². The van der Waals surface area contributed by atoms with Crippen molar-refractivity contribution in [2.24, 2.45) is 5.41 Å². The molecule has 1 aliphatic carbocycles. The van der Waals surface area contributed by atoms with Crippen LogP contribution in [-0.2, 0) is 10.0 Å². The van der Waals surface area contributed by atoms with E-state index in [0.29, 0.717) is 6.54 Å². The SMILES string of the molecule is CC1(CNS(=O)(=O)c2cnc[nH]2)CCCCC1. The molecule has 0 atom stereocenters. The zero-order chi connectivity index (χ0) is 12.4. The number of hydrogen-bond donors (Lipinski definition) is 2. The maximum absolute atomic E-state index is 11.9. The summed E-state index contributed by atoms with van der Waals surface area (Å²) >= 11 is 0. The van der Waals surface area contributed by atoms with Gasteiger partial charge in [0.05, 0.1) is 12.5 Å². The van der Waals surface area contributed by atoms with Crippen molar-refractivity contribution in [2.75, 3.05) is 6.54 Å². The highest BCUT2D eigenvalue weighted by Crippen LogP contribution is 2.35. The first-order valence-corrected chi connectivity index (χ1v) is 7.48. The molecule has 1 fully saturated rings. The van der Waals surface area contributed by atoms with Crippen molar-refractivity contribution < 1.29 is 8.42 Å². The molecule has 0 unspecified atom stereocenters. The zero-order valence-corrected chi connectivity index (χ0v) is 10.9. The van der Waals surface area contributed by atoms with E-state index in [1.165, 1.54) is 31.8 Å². The molecule has 6 heteroatoms. The maximum Gasteiger partial charge on any atom is 0.257 e. The summed E-state index contributed by atoms with van der Waals surface area (Å²) in [5.74, 6) is 0. The van der Waals surface area contributed by atoms with E-state index in [4.69, 9.17) is 0 Å². The molecule has 17 heavy (non-hydrogen) atoms. The van der Waals surface area contributed by atoms with Gasteiger partial charge in [-0.05, 0) is 18.3 Å². The molecule has 0 saturated heterocycles. The predicted octanol–water partition coefficient (Wildman–Crippen LogP) is 1.66. The topological polar surface area (TPSA) is 74.8 Å². The number of hydrogen-bond acceptors (Lipinski definition) is 3. The van der Waals surface area contributed by atoms with Gasteiger partial charge in [0.2, 0.25) is 0 Å². The Morgan fingerprint density at radius 3 is 2.71 bits per heavy atom. The van der Waals surface area contributed by atoms with Crippen LogP contribution in [0.5, 0.6) is 0 Å². The molecule has 1 aliphatic rings. The Kier molecular flexibility index (Phi) is 3.53. The molecule has 0 aromatic carbocycles. The van der Waals surface area contributed by atoms with E-state index in [1.54, 1.807) is 0 Å². The van der Waals surface area contributed by atoms with Crippen LogP contribution in [-0.4, -0.2) is 24.9 Å². The van der Waals surface area contributed by atoms with Crippen molar-refractivity contribution in [3.63, 3.8) is 0 Å². The van der Waals surface area contributed by atoms with Crippen LogP contribution in [0.2, 0.25) is 0 Å². The van der Waals surface area contributed by atoms with Crippen LogP contribution in [0, 0.1) is 5.41 Å². The van der Waals surface area contributed by atoms with Crippen LogP contribution >= 0.6 is 0 Å². The highest BCUT2D eigenvalue weighted by molar-refractivity contribution is 7.89. The van der Waals surface area contributed by atoms with Crippen LogP contribution in [0.4, 0.5) is 0 Å². The van der Waals surface area contributed by atoms with E-state index in [-0.39, 0.29) is 10.4 Å². The zero-order valence-electron chi connectivity index (χ0n) is 10.1. The third-order valence-corrected chi connectivity index (χ3v) is 4.84. The molecule has 0 amide bonds. The minimum Gasteiger partial charge on any atom is -0.335 e. The van der Waals surface area contributed by atoms with Crippen LogP contribution in [0.3, 0.4) is 0 Å². The summed E-state index contributed by atoms with van der Waals surface area (Å²) in [6.45, 7) is 2.66. The second-order valence-corrected chi connectivity index (χ2v) is 6.85. The lowest BCUT2D eigenvalue weighted by Crippen LogP contribution is -2.37. The molecule has 2 N–H and O–H groups in total. The monoisotopic (exact) mass is 257 g/mol. The number of sulfonamides is 1. The number of nitrogens with one attached hydrogen (secondary N) is 2. The van der Waals surface area contributed by atoms with Gasteiger partial charge in [0.25, 0.3) is 10.0 Å². The minimum absolute atomic E-state index is 0.103. The van der Waals surface area contributed by atoms with Crippen molar-refractivity contribution in [3.8, 4) is 0 Å². The van der Waals surface area contributed by atoms with Gasteiger partial charge in [0, 0.05) is 6.54 Å². The molecule has 0 spiro atoms. The third-order valence-electron chi connectivity index (χ3n) is 3.51. The number of nitrogens with zero attached hydrogens (tertiary/aromatic N) is 1. The quantitative estimate of drug-likeness (QED) is 0.861. The van der Waals surface area contributed by atoms with Crippen molar-refractivity contribution in [2.45, 2.75) is 44.1 Å². The summed E-state index contributed by atoms with van der Waals surface area (Å²) in [7, 11) is -3.42. The smallest absolute Gasteiger partial charge is 0.257 e. The van der Waals surface area contributed by atoms with E-state index in [0.717, 1.165) is 12.8 Å². The van der Waals surface area contributed by atoms with Gasteiger partial charge >= 0.3 is 0 Å². The maximum atomic E-state index is 11.9. The molecule has 0 radical (unpaired) electrons. The van der Waals surface area contributed by atoms with Gasteiger partial charge in [-0.3, -0.25) is 0 Å². The Morgan fingerprint density at radius 2 is 2.12 bits per heavy atom. The van der Waals surface area contributed by atoms with Gasteiger partial charge in [0.1, 0.15) is 0 Å². The second kappa shape index (κ2) is 4.78. The third kappa shape index (κ3) is 3.07. The molecular formula is C11H19N3O2S. The van der Waals surface area contributed by atoms with Crippen molar-refractivity contribution in [1.82, 2.24) is 14.7 Å². The van der Waals surface area contributed by atoms with Crippen molar-refractivity contribution in [1.29, 1.82) is 0 Å². The highest BCUT2D eigenvalue weighted by atomic mass is 32.2. The summed E-state index contributed by atoms with van der Waals surface area (Å²) < 4.78 is 26.5. The van der Waals surface area contributed by atoms with Gasteiger partial charge in [-0.15, -0.1) is 0 Å². The standard InChI is InChI=1S/C11H19N3O2S/c1-11(5-3-2-4-6-11)8-14-17(15,16)10-7-12-9-13-10/h7,9,14H,2-6,8H2,1H3,(H,12,13). The first kappa shape index (κ1) is 12.6. The van der Waals surface area contributed by atoms with E-state index in [1.807, 2.05) is 0 Å². The molecule has 5 nitrogen and oxygen atoms in total. The fourth-order valence-electron chi connectivity index (χ4n) is 2.32. The van der Waals surface area contributed by atoms with E-state index >= 15 is 0 Å². The molecule has 1 aromatic heterocycles. The fraction of sp³-hybridized carbons (Fsp3) is 0.727. The van der Waals surface area contributed by atoms with Gasteiger partial charge in [0.15, 0.2) is 5.03 Å². The number of rotatable bonds is 4. The summed E-state index contributed by atoms with van der Waals surface area (Å²) in [6, 6.07) is 0. The van der Waals surface area contributed by atoms with Gasteiger partial charge < -0.3 is 4.98 Å². The first-order chi connectivity index (χ1) is 8.02. The molecule has 96 valence electrons. The second-order valence-electron chi connectivity index (χ2n) is 5.11. The van der Waals surface area contributed by atoms with Crippen LogP contribution in [0.1, 0.15) is 39.0 Å². The predicted molar refractivity (Wildman–Crippen MR) is 65.0 cm³/mol. The lowest BCUT2D eigenvalue weighted by molar-refractivity contribution is 0.219. The van der Waals surface area contributed by atoms with Crippen molar-refractivity contribution in [3.05, 3.63) is 12.5 Å². The summed E-state index contributed by atoms with van der Waals surface area (Å²) in [5.41, 5.74) is 0.103. The highest BCUT2D eigenvalue weighted by Gasteiger charge is 2.28. The molecule has 1 aromatic rings. The fourth-order valence-corrected chi connectivity index (χ4v) is 3.42. The largest absolute Gasteiger partial charge is 0.335 e. The summed E-state index contributed by atoms with van der Waals surface area (Å²) in [4.78, 5) is 6.34. The van der Waals surface area contributed by atoms with E-state index < -0.39 is 10.0 Å². The van der Waals surface area contributed by atoms with Crippen molar-refractivity contribution >= 4 is 10.0 Å². The average Bonchev–Trinajstić information content (AvgIpc) is 2.82. The van der Waals surface area contributed by atoms with Crippen LogP contribution in [0.25, 0.3) is 0 Å². The molecule has 1 saturated carbocycles. The lowest BCUT2D eigenvalue weighted by atomic mass is 9.76. The lowest BCUT2D eigenvalue weighted by Gasteiger charge is -2.33. The molecular weight excluding hydrogens is 238 g/mol. The number of H-pyrrole nitrogens is 1. The Morgan fingerprint density at radius 1 is 1.41 bits per heavy atom.